The minimum absolute atomic E-state index is 0.101. The Bertz CT molecular complexity index is 987. The summed E-state index contributed by atoms with van der Waals surface area (Å²) >= 11 is 5.80. The molecule has 1 aromatic rings. The maximum atomic E-state index is 13.2. The van der Waals surface area contributed by atoms with E-state index in [1.165, 1.54) is 18.2 Å². The summed E-state index contributed by atoms with van der Waals surface area (Å²) in [6.07, 6.45) is -6.59. The summed E-state index contributed by atoms with van der Waals surface area (Å²) in [6.45, 7) is 1.71. The second-order valence-electron chi connectivity index (χ2n) is 7.95. The Hall–Kier alpha value is -3.15. The van der Waals surface area contributed by atoms with E-state index in [-0.39, 0.29) is 30.1 Å². The maximum absolute atomic E-state index is 13.2. The number of benzene rings is 1. The fourth-order valence-electron chi connectivity index (χ4n) is 3.74. The molecule has 1 unspecified atom stereocenters. The van der Waals surface area contributed by atoms with Crippen LogP contribution in [0.1, 0.15) is 36.5 Å². The molecule has 0 spiro atoms. The van der Waals surface area contributed by atoms with Gasteiger partial charge in [-0.25, -0.2) is 0 Å². The van der Waals surface area contributed by atoms with Crippen molar-refractivity contribution in [1.29, 1.82) is 0 Å². The van der Waals surface area contributed by atoms with Crippen LogP contribution in [-0.2, 0) is 19.2 Å². The summed E-state index contributed by atoms with van der Waals surface area (Å²) in [5.41, 5.74) is 4.99. The molecular weight excluding hydrogens is 481 g/mol. The van der Waals surface area contributed by atoms with Crippen LogP contribution >= 0.6 is 11.6 Å². The van der Waals surface area contributed by atoms with E-state index in [2.05, 4.69) is 10.6 Å². The quantitative estimate of drug-likeness (QED) is 0.343. The molecule has 186 valence electrons. The number of carbonyl (C=O) groups is 5. The molecule has 1 aromatic carbocycles. The van der Waals surface area contributed by atoms with Crippen LogP contribution in [0.3, 0.4) is 0 Å². The van der Waals surface area contributed by atoms with Gasteiger partial charge >= 0.3 is 6.18 Å². The molecule has 4 amide bonds. The number of anilines is 1. The van der Waals surface area contributed by atoms with E-state index < -0.39 is 59.3 Å². The molecule has 0 saturated carbocycles. The molecular formula is C21H24ClF3N4O5. The highest BCUT2D eigenvalue weighted by Crippen LogP contribution is 2.31. The van der Waals surface area contributed by atoms with Gasteiger partial charge < -0.3 is 21.3 Å². The summed E-state index contributed by atoms with van der Waals surface area (Å²) < 4.78 is 38.9. The van der Waals surface area contributed by atoms with E-state index in [0.29, 0.717) is 4.90 Å². The topological polar surface area (TPSA) is 139 Å². The molecule has 1 saturated heterocycles. The van der Waals surface area contributed by atoms with Crippen molar-refractivity contribution in [1.82, 2.24) is 10.6 Å². The van der Waals surface area contributed by atoms with Gasteiger partial charge in [0.15, 0.2) is 0 Å². The van der Waals surface area contributed by atoms with Crippen molar-refractivity contribution < 1.29 is 37.1 Å². The summed E-state index contributed by atoms with van der Waals surface area (Å²) in [5, 5.41) is 2.62. The van der Waals surface area contributed by atoms with Crippen LogP contribution in [0.25, 0.3) is 0 Å². The SMILES string of the molecule is CNC(=O)C(=O)[C@H](C[C@@H]1C[C@@H](C)NC1=O)N(C(=O)C(Cl)CC(F)(F)F)c1cccc(C(N)=O)c1. The van der Waals surface area contributed by atoms with Gasteiger partial charge in [-0.2, -0.15) is 13.2 Å². The first-order chi connectivity index (χ1) is 15.7. The smallest absolute Gasteiger partial charge is 0.366 e. The average molecular weight is 505 g/mol. The van der Waals surface area contributed by atoms with E-state index in [4.69, 9.17) is 17.3 Å². The van der Waals surface area contributed by atoms with Crippen LogP contribution in [0.15, 0.2) is 24.3 Å². The first-order valence-corrected chi connectivity index (χ1v) is 10.7. The molecule has 1 fully saturated rings. The fourth-order valence-corrected chi connectivity index (χ4v) is 4.02. The molecule has 0 aliphatic carbocycles. The van der Waals surface area contributed by atoms with Crippen molar-refractivity contribution in [3.05, 3.63) is 29.8 Å². The zero-order valence-corrected chi connectivity index (χ0v) is 19.1. The molecule has 1 aliphatic heterocycles. The van der Waals surface area contributed by atoms with Gasteiger partial charge in [-0.1, -0.05) is 6.07 Å². The minimum atomic E-state index is -4.80. The normalized spacial score (nSPS) is 19.6. The number of carbonyl (C=O) groups excluding carboxylic acids is 5. The molecule has 0 bridgehead atoms. The molecule has 4 N–H and O–H groups in total. The third-order valence-electron chi connectivity index (χ3n) is 5.30. The van der Waals surface area contributed by atoms with Gasteiger partial charge in [-0.3, -0.25) is 24.0 Å². The van der Waals surface area contributed by atoms with Gasteiger partial charge in [0.25, 0.3) is 5.91 Å². The molecule has 2 rings (SSSR count). The van der Waals surface area contributed by atoms with Gasteiger partial charge in [0, 0.05) is 30.3 Å². The number of alkyl halides is 4. The number of nitrogens with two attached hydrogens (primary N) is 1. The Morgan fingerprint density at radius 3 is 2.44 bits per heavy atom. The number of hydrogen-bond acceptors (Lipinski definition) is 5. The predicted octanol–water partition coefficient (Wildman–Crippen LogP) is 1.28. The van der Waals surface area contributed by atoms with Gasteiger partial charge in [0.05, 0.1) is 6.42 Å². The number of Topliss-reactive ketones (excluding diaryl/α,β-unsaturated/α-hetero) is 1. The summed E-state index contributed by atoms with van der Waals surface area (Å²) in [5.74, 6) is -5.75. The van der Waals surface area contributed by atoms with E-state index in [9.17, 15) is 37.1 Å². The zero-order valence-electron chi connectivity index (χ0n) is 18.3. The van der Waals surface area contributed by atoms with E-state index in [1.807, 2.05) is 0 Å². The molecule has 1 aliphatic rings. The molecule has 0 radical (unpaired) electrons. The molecule has 4 atom stereocenters. The Labute approximate surface area is 198 Å². The highest BCUT2D eigenvalue weighted by Gasteiger charge is 2.43. The van der Waals surface area contributed by atoms with E-state index >= 15 is 0 Å². The van der Waals surface area contributed by atoms with Crippen molar-refractivity contribution in [2.24, 2.45) is 11.7 Å². The predicted molar refractivity (Wildman–Crippen MR) is 116 cm³/mol. The summed E-state index contributed by atoms with van der Waals surface area (Å²) in [4.78, 5) is 63.0. The minimum Gasteiger partial charge on any atom is -0.366 e. The number of primary amides is 1. The maximum Gasteiger partial charge on any atom is 0.391 e. The number of ketones is 1. The first-order valence-electron chi connectivity index (χ1n) is 10.2. The lowest BCUT2D eigenvalue weighted by atomic mass is 9.92. The molecule has 34 heavy (non-hydrogen) atoms. The second-order valence-corrected chi connectivity index (χ2v) is 8.47. The largest absolute Gasteiger partial charge is 0.391 e. The van der Waals surface area contributed by atoms with Crippen LogP contribution in [0.2, 0.25) is 0 Å². The Kier molecular flexibility index (Phi) is 8.65. The van der Waals surface area contributed by atoms with Gasteiger partial charge in [-0.15, -0.1) is 11.6 Å². The third kappa shape index (κ3) is 6.69. The van der Waals surface area contributed by atoms with Crippen molar-refractivity contribution in [2.75, 3.05) is 11.9 Å². The third-order valence-corrected chi connectivity index (χ3v) is 5.64. The molecule has 9 nitrogen and oxygen atoms in total. The number of nitrogens with one attached hydrogen (secondary N) is 2. The number of amides is 4. The number of hydrogen-bond donors (Lipinski definition) is 3. The van der Waals surface area contributed by atoms with Crippen molar-refractivity contribution in [3.8, 4) is 0 Å². The van der Waals surface area contributed by atoms with Crippen LogP contribution in [0.5, 0.6) is 0 Å². The van der Waals surface area contributed by atoms with Crippen molar-refractivity contribution in [2.45, 2.75) is 49.8 Å². The summed E-state index contributed by atoms with van der Waals surface area (Å²) in [6, 6.07) is 3.02. The molecule has 1 heterocycles. The first kappa shape index (κ1) is 27.1. The van der Waals surface area contributed by atoms with E-state index in [0.717, 1.165) is 13.1 Å². The highest BCUT2D eigenvalue weighted by molar-refractivity contribution is 6.40. The van der Waals surface area contributed by atoms with Crippen LogP contribution < -0.4 is 21.3 Å². The summed E-state index contributed by atoms with van der Waals surface area (Å²) in [7, 11) is 1.16. The zero-order chi connectivity index (χ0) is 25.8. The Morgan fingerprint density at radius 1 is 1.29 bits per heavy atom. The standard InChI is InChI=1S/C21H24ClF3N4O5/c1-10-6-12(18(32)28-10)8-15(16(30)19(33)27-2)29(20(34)14(22)9-21(23,24)25)13-5-3-4-11(7-13)17(26)31/h3-5,7,10,12,14-15H,6,8-9H2,1-2H3,(H2,26,31)(H,27,33)(H,28,32)/t10-,12+,14?,15+/m1/s1. The highest BCUT2D eigenvalue weighted by atomic mass is 35.5. The lowest BCUT2D eigenvalue weighted by Crippen LogP contribution is -2.53. The average Bonchev–Trinajstić information content (AvgIpc) is 3.07. The lowest BCUT2D eigenvalue weighted by molar-refractivity contribution is -0.143. The number of halogens is 4. The van der Waals surface area contributed by atoms with Crippen LogP contribution in [-0.4, -0.2) is 60.1 Å². The lowest BCUT2D eigenvalue weighted by Gasteiger charge is -2.33. The Morgan fingerprint density at radius 2 is 1.94 bits per heavy atom. The van der Waals surface area contributed by atoms with E-state index in [1.54, 1.807) is 6.92 Å². The molecule has 13 heteroatoms. The van der Waals surface area contributed by atoms with Crippen molar-refractivity contribution >= 4 is 46.7 Å². The fraction of sp³-hybridized carbons (Fsp3) is 0.476. The monoisotopic (exact) mass is 504 g/mol. The Balaban J connectivity index is 2.61. The molecule has 0 aromatic heterocycles. The number of nitrogens with zero attached hydrogens (tertiary/aromatic N) is 1. The second kappa shape index (κ2) is 10.9. The van der Waals surface area contributed by atoms with Gasteiger partial charge in [0.2, 0.25) is 23.5 Å². The van der Waals surface area contributed by atoms with Gasteiger partial charge in [-0.05, 0) is 38.0 Å². The van der Waals surface area contributed by atoms with Crippen LogP contribution in [0.4, 0.5) is 18.9 Å². The number of likely N-dealkylation sites (N-methyl/N-ethyl adjacent to an activating group) is 1. The van der Waals surface area contributed by atoms with Crippen molar-refractivity contribution in [3.63, 3.8) is 0 Å². The number of rotatable bonds is 9. The van der Waals surface area contributed by atoms with Crippen LogP contribution in [0, 0.1) is 5.92 Å². The van der Waals surface area contributed by atoms with Gasteiger partial charge in [0.1, 0.15) is 11.4 Å².